The van der Waals surface area contributed by atoms with E-state index in [1.54, 1.807) is 36.4 Å². The van der Waals surface area contributed by atoms with Crippen LogP contribution in [0, 0.1) is 5.92 Å². The summed E-state index contributed by atoms with van der Waals surface area (Å²) in [5, 5.41) is 6.00. The van der Waals surface area contributed by atoms with Crippen LogP contribution in [0.4, 0.5) is 5.69 Å². The average Bonchev–Trinajstić information content (AvgIpc) is 2.75. The Morgan fingerprint density at radius 3 is 2.37 bits per heavy atom. The summed E-state index contributed by atoms with van der Waals surface area (Å²) in [5.41, 5.74) is 1.53. The molecule has 1 aliphatic rings. The third-order valence-electron chi connectivity index (χ3n) is 5.44. The van der Waals surface area contributed by atoms with Crippen LogP contribution >= 0.6 is 0 Å². The topological polar surface area (TPSA) is 67.4 Å². The summed E-state index contributed by atoms with van der Waals surface area (Å²) < 4.78 is 5.71. The minimum Gasteiger partial charge on any atom is -0.494 e. The van der Waals surface area contributed by atoms with Gasteiger partial charge in [-0.1, -0.05) is 45.2 Å². The Morgan fingerprint density at radius 2 is 1.67 bits per heavy atom. The minimum absolute atomic E-state index is 0.133. The zero-order chi connectivity index (χ0) is 21.3. The van der Waals surface area contributed by atoms with E-state index in [0.717, 1.165) is 37.9 Å². The molecule has 1 fully saturated rings. The first-order chi connectivity index (χ1) is 14.5. The number of amides is 2. The van der Waals surface area contributed by atoms with E-state index >= 15 is 0 Å². The summed E-state index contributed by atoms with van der Waals surface area (Å²) in [6, 6.07) is 14.5. The molecule has 2 N–H and O–H groups in total. The van der Waals surface area contributed by atoms with Crippen LogP contribution in [0.5, 0.6) is 5.75 Å². The highest BCUT2D eigenvalue weighted by atomic mass is 16.5. The third-order valence-corrected chi connectivity index (χ3v) is 5.44. The van der Waals surface area contributed by atoms with Gasteiger partial charge in [-0.3, -0.25) is 9.59 Å². The first-order valence-corrected chi connectivity index (χ1v) is 11.0. The molecule has 0 aliphatic heterocycles. The average molecular weight is 409 g/mol. The molecule has 3 rings (SSSR count). The van der Waals surface area contributed by atoms with Crippen LogP contribution in [-0.4, -0.2) is 24.5 Å². The van der Waals surface area contributed by atoms with Gasteiger partial charge in [0, 0.05) is 11.6 Å². The zero-order valence-electron chi connectivity index (χ0n) is 17.9. The van der Waals surface area contributed by atoms with Gasteiger partial charge in [0.2, 0.25) is 0 Å². The maximum absolute atomic E-state index is 12.8. The first kappa shape index (κ1) is 21.9. The van der Waals surface area contributed by atoms with Crippen LogP contribution in [0.15, 0.2) is 48.5 Å². The quantitative estimate of drug-likeness (QED) is 0.612. The maximum Gasteiger partial charge on any atom is 0.255 e. The Bertz CT molecular complexity index is 840. The minimum atomic E-state index is -0.248. The van der Waals surface area contributed by atoms with E-state index in [1.165, 1.54) is 6.42 Å². The molecule has 5 nitrogen and oxygen atoms in total. The number of rotatable bonds is 8. The largest absolute Gasteiger partial charge is 0.494 e. The van der Waals surface area contributed by atoms with Gasteiger partial charge in [0.15, 0.2) is 0 Å². The second-order valence-electron chi connectivity index (χ2n) is 8.36. The number of carbonyl (C=O) groups excluding carboxylic acids is 2. The Labute approximate surface area is 179 Å². The molecule has 2 amide bonds. The number of benzene rings is 2. The van der Waals surface area contributed by atoms with Crippen molar-refractivity contribution in [2.24, 2.45) is 5.92 Å². The molecule has 0 spiro atoms. The fourth-order valence-electron chi connectivity index (χ4n) is 3.61. The Kier molecular flexibility index (Phi) is 7.89. The fraction of sp³-hybridized carbons (Fsp3) is 0.440. The lowest BCUT2D eigenvalue weighted by atomic mass is 9.95. The molecular formula is C25H32N2O3. The van der Waals surface area contributed by atoms with Crippen LogP contribution in [0.25, 0.3) is 0 Å². The molecule has 1 saturated carbocycles. The van der Waals surface area contributed by atoms with E-state index in [9.17, 15) is 9.59 Å². The van der Waals surface area contributed by atoms with Gasteiger partial charge in [0.25, 0.3) is 11.8 Å². The van der Waals surface area contributed by atoms with E-state index in [2.05, 4.69) is 24.5 Å². The van der Waals surface area contributed by atoms with Crippen molar-refractivity contribution in [1.29, 1.82) is 0 Å². The normalized spacial score (nSPS) is 14.4. The van der Waals surface area contributed by atoms with Crippen LogP contribution in [0.2, 0.25) is 0 Å². The van der Waals surface area contributed by atoms with Crippen molar-refractivity contribution in [3.63, 3.8) is 0 Å². The summed E-state index contributed by atoms with van der Waals surface area (Å²) in [6.45, 7) is 4.97. The van der Waals surface area contributed by atoms with Gasteiger partial charge >= 0.3 is 0 Å². The summed E-state index contributed by atoms with van der Waals surface area (Å²) in [5.74, 6) is 0.957. The molecule has 5 heteroatoms. The van der Waals surface area contributed by atoms with Gasteiger partial charge in [0.1, 0.15) is 5.75 Å². The van der Waals surface area contributed by atoms with Gasteiger partial charge in [-0.2, -0.15) is 0 Å². The van der Waals surface area contributed by atoms with Gasteiger partial charge in [0.05, 0.1) is 17.9 Å². The smallest absolute Gasteiger partial charge is 0.255 e. The predicted octanol–water partition coefficient (Wildman–Crippen LogP) is 5.43. The summed E-state index contributed by atoms with van der Waals surface area (Å²) >= 11 is 0. The number of nitrogens with one attached hydrogen (secondary N) is 2. The molecule has 0 aromatic heterocycles. The van der Waals surface area contributed by atoms with Crippen LogP contribution in [0.1, 0.15) is 73.1 Å². The highest BCUT2D eigenvalue weighted by Gasteiger charge is 2.19. The van der Waals surface area contributed by atoms with Crippen molar-refractivity contribution in [3.05, 3.63) is 59.7 Å². The number of hydrogen-bond donors (Lipinski definition) is 2. The molecule has 0 bridgehead atoms. The van der Waals surface area contributed by atoms with Crippen LogP contribution < -0.4 is 15.4 Å². The third kappa shape index (κ3) is 6.34. The first-order valence-electron chi connectivity index (χ1n) is 11.0. The van der Waals surface area contributed by atoms with Crippen molar-refractivity contribution in [3.8, 4) is 5.75 Å². The van der Waals surface area contributed by atoms with E-state index in [4.69, 9.17) is 4.74 Å². The lowest BCUT2D eigenvalue weighted by Crippen LogP contribution is -2.36. The van der Waals surface area contributed by atoms with Gasteiger partial charge in [-0.25, -0.2) is 0 Å². The SMILES string of the molecule is CC(C)CCOc1ccc(C(=O)Nc2ccccc2C(=O)NC2CCCCC2)cc1. The van der Waals surface area contributed by atoms with Crippen molar-refractivity contribution >= 4 is 17.5 Å². The molecule has 0 heterocycles. The monoisotopic (exact) mass is 408 g/mol. The van der Waals surface area contributed by atoms with E-state index in [1.807, 2.05) is 12.1 Å². The summed E-state index contributed by atoms with van der Waals surface area (Å²) in [6.07, 6.45) is 6.57. The van der Waals surface area contributed by atoms with E-state index in [0.29, 0.717) is 29.3 Å². The van der Waals surface area contributed by atoms with Crippen molar-refractivity contribution in [2.45, 2.75) is 58.4 Å². The second kappa shape index (κ2) is 10.8. The van der Waals surface area contributed by atoms with Crippen molar-refractivity contribution < 1.29 is 14.3 Å². The van der Waals surface area contributed by atoms with E-state index in [-0.39, 0.29) is 17.9 Å². The number of anilines is 1. The van der Waals surface area contributed by atoms with Crippen LogP contribution in [0.3, 0.4) is 0 Å². The molecule has 160 valence electrons. The van der Waals surface area contributed by atoms with Gasteiger partial charge in [-0.15, -0.1) is 0 Å². The number of hydrogen-bond acceptors (Lipinski definition) is 3. The van der Waals surface area contributed by atoms with Gasteiger partial charge < -0.3 is 15.4 Å². The Balaban J connectivity index is 1.61. The second-order valence-corrected chi connectivity index (χ2v) is 8.36. The molecule has 0 radical (unpaired) electrons. The zero-order valence-corrected chi connectivity index (χ0v) is 17.9. The van der Waals surface area contributed by atoms with Crippen LogP contribution in [-0.2, 0) is 0 Å². The molecule has 2 aromatic rings. The fourth-order valence-corrected chi connectivity index (χ4v) is 3.61. The van der Waals surface area contributed by atoms with E-state index < -0.39 is 0 Å². The van der Waals surface area contributed by atoms with Crippen molar-refractivity contribution in [1.82, 2.24) is 5.32 Å². The highest BCUT2D eigenvalue weighted by Crippen LogP contribution is 2.21. The summed E-state index contributed by atoms with van der Waals surface area (Å²) in [4.78, 5) is 25.5. The molecule has 0 unspecified atom stereocenters. The lowest BCUT2D eigenvalue weighted by Gasteiger charge is -2.23. The van der Waals surface area contributed by atoms with Gasteiger partial charge in [-0.05, 0) is 61.6 Å². The predicted molar refractivity (Wildman–Crippen MR) is 120 cm³/mol. The molecule has 0 saturated heterocycles. The Morgan fingerprint density at radius 1 is 0.967 bits per heavy atom. The molecular weight excluding hydrogens is 376 g/mol. The number of carbonyl (C=O) groups is 2. The number of ether oxygens (including phenoxy) is 1. The number of para-hydroxylation sites is 1. The maximum atomic E-state index is 12.8. The lowest BCUT2D eigenvalue weighted by molar-refractivity contribution is 0.0928. The molecule has 30 heavy (non-hydrogen) atoms. The highest BCUT2D eigenvalue weighted by molar-refractivity contribution is 6.09. The molecule has 1 aliphatic carbocycles. The molecule has 0 atom stereocenters. The molecule has 2 aromatic carbocycles. The Hall–Kier alpha value is -2.82. The standard InChI is InChI=1S/C25H32N2O3/c1-18(2)16-17-30-21-14-12-19(13-15-21)24(28)27-23-11-7-6-10-22(23)25(29)26-20-8-4-3-5-9-20/h6-7,10-15,18,20H,3-5,8-9,16-17H2,1-2H3,(H,26,29)(H,27,28). The van der Waals surface area contributed by atoms with Crippen molar-refractivity contribution in [2.75, 3.05) is 11.9 Å². The summed E-state index contributed by atoms with van der Waals surface area (Å²) in [7, 11) is 0.